The van der Waals surface area contributed by atoms with Gasteiger partial charge in [0.1, 0.15) is 5.56 Å². The number of nitrogens with one attached hydrogen (secondary N) is 1. The Morgan fingerprint density at radius 2 is 1.77 bits per heavy atom. The van der Waals surface area contributed by atoms with Gasteiger partial charge in [0, 0.05) is 24.3 Å². The van der Waals surface area contributed by atoms with Gasteiger partial charge in [-0.15, -0.1) is 0 Å². The molecule has 0 spiro atoms. The SMILES string of the molecule is O=c1[nH]c(=O)n(-c2ccc(Cl)cc2)c(O)c1C=Nc1ccc(N2CCOCC2)c(Cl)c1. The van der Waals surface area contributed by atoms with E-state index in [0.29, 0.717) is 34.6 Å². The molecule has 10 heteroatoms. The maximum atomic E-state index is 12.3. The summed E-state index contributed by atoms with van der Waals surface area (Å²) in [5.74, 6) is -0.532. The second-order valence-corrected chi connectivity index (χ2v) is 7.65. The van der Waals surface area contributed by atoms with Crippen LogP contribution in [0, 0.1) is 0 Å². The lowest BCUT2D eigenvalue weighted by Crippen LogP contribution is -2.36. The number of morpholine rings is 1. The van der Waals surface area contributed by atoms with Crippen molar-refractivity contribution in [2.24, 2.45) is 4.99 Å². The van der Waals surface area contributed by atoms with Gasteiger partial charge in [0.2, 0.25) is 5.88 Å². The molecular formula is C21H18Cl2N4O4. The number of aromatic amines is 1. The van der Waals surface area contributed by atoms with Gasteiger partial charge in [0.25, 0.3) is 5.56 Å². The number of nitrogens with zero attached hydrogens (tertiary/aromatic N) is 3. The van der Waals surface area contributed by atoms with Crippen molar-refractivity contribution in [3.8, 4) is 11.6 Å². The van der Waals surface area contributed by atoms with Crippen molar-refractivity contribution in [2.75, 3.05) is 31.2 Å². The van der Waals surface area contributed by atoms with Crippen LogP contribution >= 0.6 is 23.2 Å². The molecule has 8 nitrogen and oxygen atoms in total. The molecule has 1 fully saturated rings. The Hall–Kier alpha value is -3.07. The minimum atomic E-state index is -0.778. The monoisotopic (exact) mass is 460 g/mol. The molecule has 0 unspecified atom stereocenters. The predicted molar refractivity (Wildman–Crippen MR) is 121 cm³/mol. The van der Waals surface area contributed by atoms with Gasteiger partial charge in [-0.2, -0.15) is 0 Å². The van der Waals surface area contributed by atoms with Crippen LogP contribution in [0.5, 0.6) is 5.88 Å². The molecule has 1 aliphatic heterocycles. The summed E-state index contributed by atoms with van der Waals surface area (Å²) in [4.78, 5) is 33.1. The van der Waals surface area contributed by atoms with E-state index in [-0.39, 0.29) is 5.56 Å². The molecule has 160 valence electrons. The minimum Gasteiger partial charge on any atom is -0.493 e. The number of halogens is 2. The van der Waals surface area contributed by atoms with Crippen molar-refractivity contribution >= 4 is 40.8 Å². The van der Waals surface area contributed by atoms with Crippen LogP contribution in [0.15, 0.2) is 57.0 Å². The van der Waals surface area contributed by atoms with Crippen LogP contribution in [0.25, 0.3) is 5.69 Å². The number of hydrogen-bond acceptors (Lipinski definition) is 6. The molecule has 31 heavy (non-hydrogen) atoms. The Morgan fingerprint density at radius 1 is 1.06 bits per heavy atom. The molecule has 1 aliphatic rings. The highest BCUT2D eigenvalue weighted by Gasteiger charge is 2.16. The van der Waals surface area contributed by atoms with E-state index in [1.54, 1.807) is 36.4 Å². The van der Waals surface area contributed by atoms with Crippen LogP contribution in [-0.4, -0.2) is 47.2 Å². The van der Waals surface area contributed by atoms with E-state index in [4.69, 9.17) is 27.9 Å². The van der Waals surface area contributed by atoms with E-state index in [9.17, 15) is 14.7 Å². The molecule has 2 heterocycles. The summed E-state index contributed by atoms with van der Waals surface area (Å²) in [7, 11) is 0. The summed E-state index contributed by atoms with van der Waals surface area (Å²) in [5, 5.41) is 11.6. The van der Waals surface area contributed by atoms with Gasteiger partial charge in [0.15, 0.2) is 0 Å². The lowest BCUT2D eigenvalue weighted by Gasteiger charge is -2.29. The predicted octanol–water partition coefficient (Wildman–Crippen LogP) is 3.13. The van der Waals surface area contributed by atoms with E-state index in [2.05, 4.69) is 14.9 Å². The van der Waals surface area contributed by atoms with Gasteiger partial charge in [-0.3, -0.25) is 14.8 Å². The standard InChI is InChI=1S/C21H18Cl2N4O4/c22-13-1-4-15(5-2-13)27-20(29)16(19(28)25-21(27)30)12-24-14-3-6-18(17(23)11-14)26-7-9-31-10-8-26/h1-6,11-12,29H,7-10H2,(H,25,28,30). The summed E-state index contributed by atoms with van der Waals surface area (Å²) < 4.78 is 6.32. The second kappa shape index (κ2) is 8.97. The van der Waals surface area contributed by atoms with Crippen LogP contribution < -0.4 is 16.1 Å². The summed E-state index contributed by atoms with van der Waals surface area (Å²) >= 11 is 12.3. The molecule has 0 saturated carbocycles. The maximum absolute atomic E-state index is 12.3. The molecule has 0 atom stereocenters. The fraction of sp³-hybridized carbons (Fsp3) is 0.190. The fourth-order valence-corrected chi connectivity index (χ4v) is 3.68. The van der Waals surface area contributed by atoms with Crippen LogP contribution in [0.1, 0.15) is 5.56 Å². The Labute approximate surface area is 187 Å². The summed E-state index contributed by atoms with van der Waals surface area (Å²) in [5.41, 5.74) is 0.0111. The number of hydrogen-bond donors (Lipinski definition) is 2. The Kier molecular flexibility index (Phi) is 6.13. The van der Waals surface area contributed by atoms with Crippen molar-refractivity contribution in [3.63, 3.8) is 0 Å². The third kappa shape index (κ3) is 4.51. The van der Waals surface area contributed by atoms with Gasteiger partial charge in [-0.05, 0) is 42.5 Å². The van der Waals surface area contributed by atoms with Gasteiger partial charge in [-0.1, -0.05) is 23.2 Å². The van der Waals surface area contributed by atoms with Crippen LogP contribution in [0.2, 0.25) is 10.0 Å². The molecule has 1 aromatic heterocycles. The molecule has 0 bridgehead atoms. The largest absolute Gasteiger partial charge is 0.493 e. The quantitative estimate of drug-likeness (QED) is 0.582. The lowest BCUT2D eigenvalue weighted by atomic mass is 10.2. The Morgan fingerprint density at radius 3 is 2.45 bits per heavy atom. The third-order valence-electron chi connectivity index (χ3n) is 4.83. The van der Waals surface area contributed by atoms with Crippen molar-refractivity contribution < 1.29 is 9.84 Å². The minimum absolute atomic E-state index is 0.164. The number of aromatic hydroxyl groups is 1. The first kappa shape index (κ1) is 21.2. The third-order valence-corrected chi connectivity index (χ3v) is 5.39. The molecule has 0 aliphatic carbocycles. The van der Waals surface area contributed by atoms with Crippen molar-refractivity contribution in [1.29, 1.82) is 0 Å². The highest BCUT2D eigenvalue weighted by Crippen LogP contribution is 2.30. The van der Waals surface area contributed by atoms with Crippen LogP contribution in [0.4, 0.5) is 11.4 Å². The van der Waals surface area contributed by atoms with Crippen LogP contribution in [-0.2, 0) is 4.74 Å². The van der Waals surface area contributed by atoms with Gasteiger partial charge < -0.3 is 14.7 Å². The normalized spacial score (nSPS) is 14.3. The maximum Gasteiger partial charge on any atom is 0.335 e. The first-order valence-electron chi connectivity index (χ1n) is 9.44. The Balaban J connectivity index is 1.67. The zero-order chi connectivity index (χ0) is 22.0. The molecule has 3 aromatic rings. The summed E-state index contributed by atoms with van der Waals surface area (Å²) in [6.07, 6.45) is 1.19. The summed E-state index contributed by atoms with van der Waals surface area (Å²) in [6.45, 7) is 2.78. The first-order valence-corrected chi connectivity index (χ1v) is 10.2. The van der Waals surface area contributed by atoms with E-state index in [1.165, 1.54) is 6.21 Å². The van der Waals surface area contributed by atoms with Crippen molar-refractivity contribution in [2.45, 2.75) is 0 Å². The van der Waals surface area contributed by atoms with Gasteiger partial charge in [0.05, 0.1) is 35.3 Å². The zero-order valence-electron chi connectivity index (χ0n) is 16.2. The lowest BCUT2D eigenvalue weighted by molar-refractivity contribution is 0.122. The summed E-state index contributed by atoms with van der Waals surface area (Å²) in [6, 6.07) is 11.5. The molecular weight excluding hydrogens is 443 g/mol. The van der Waals surface area contributed by atoms with E-state index in [0.717, 1.165) is 23.3 Å². The number of benzene rings is 2. The molecule has 4 rings (SSSR count). The molecule has 0 amide bonds. The number of aromatic nitrogens is 2. The average Bonchev–Trinajstić information content (AvgIpc) is 2.75. The zero-order valence-corrected chi connectivity index (χ0v) is 17.7. The van der Waals surface area contributed by atoms with Crippen molar-refractivity contribution in [3.05, 3.63) is 78.9 Å². The van der Waals surface area contributed by atoms with E-state index < -0.39 is 17.1 Å². The van der Waals surface area contributed by atoms with Crippen molar-refractivity contribution in [1.82, 2.24) is 9.55 Å². The van der Waals surface area contributed by atoms with E-state index >= 15 is 0 Å². The second-order valence-electron chi connectivity index (χ2n) is 6.80. The number of rotatable bonds is 4. The molecule has 0 radical (unpaired) electrons. The number of H-pyrrole nitrogens is 1. The smallest absolute Gasteiger partial charge is 0.335 e. The number of aliphatic imine (C=N–C) groups is 1. The highest BCUT2D eigenvalue weighted by molar-refractivity contribution is 6.33. The molecule has 2 aromatic carbocycles. The first-order chi connectivity index (χ1) is 14.9. The number of anilines is 1. The van der Waals surface area contributed by atoms with Gasteiger partial charge in [-0.25, -0.2) is 9.36 Å². The van der Waals surface area contributed by atoms with Gasteiger partial charge >= 0.3 is 5.69 Å². The topological polar surface area (TPSA) is 99.9 Å². The highest BCUT2D eigenvalue weighted by atomic mass is 35.5. The average molecular weight is 461 g/mol. The van der Waals surface area contributed by atoms with Crippen LogP contribution in [0.3, 0.4) is 0 Å². The number of ether oxygens (including phenoxy) is 1. The Bertz CT molecular complexity index is 1250. The molecule has 2 N–H and O–H groups in total. The van der Waals surface area contributed by atoms with E-state index in [1.807, 2.05) is 6.07 Å². The fourth-order valence-electron chi connectivity index (χ4n) is 3.26. The molecule has 1 saturated heterocycles.